The monoisotopic (exact) mass is 384 g/mol. The Morgan fingerprint density at radius 2 is 2.25 bits per heavy atom. The lowest BCUT2D eigenvalue weighted by Crippen LogP contribution is -2.42. The normalized spacial score (nSPS) is 21.2. The second kappa shape index (κ2) is 8.18. The molecule has 1 aromatic rings. The summed E-state index contributed by atoms with van der Waals surface area (Å²) in [5.41, 5.74) is 9.42. The Morgan fingerprint density at radius 1 is 1.36 bits per heavy atom. The van der Waals surface area contributed by atoms with E-state index in [2.05, 4.69) is 39.7 Å². The number of rotatable bonds is 6. The van der Waals surface area contributed by atoms with Gasteiger partial charge in [0.25, 0.3) is 0 Å². The van der Waals surface area contributed by atoms with E-state index in [0.29, 0.717) is 30.6 Å². The smallest absolute Gasteiger partial charge is 0.320 e. The first-order valence-electron chi connectivity index (χ1n) is 10.1. The average Bonchev–Trinajstić information content (AvgIpc) is 2.69. The first kappa shape index (κ1) is 18.7. The molecule has 1 unspecified atom stereocenters. The Balaban J connectivity index is 1.54. The Labute approximate surface area is 165 Å². The van der Waals surface area contributed by atoms with Crippen LogP contribution in [0.2, 0.25) is 0 Å². The predicted molar refractivity (Wildman–Crippen MR) is 109 cm³/mol. The summed E-state index contributed by atoms with van der Waals surface area (Å²) in [6, 6.07) is 0.272. The van der Waals surface area contributed by atoms with E-state index in [1.165, 1.54) is 11.1 Å². The molecule has 1 fully saturated rings. The number of anilines is 3. The van der Waals surface area contributed by atoms with Crippen LogP contribution in [0.3, 0.4) is 0 Å². The van der Waals surface area contributed by atoms with Crippen molar-refractivity contribution in [3.63, 3.8) is 0 Å². The van der Waals surface area contributed by atoms with Crippen molar-refractivity contribution in [2.24, 2.45) is 5.92 Å². The molecule has 3 heterocycles. The number of carbonyl (C=O) groups is 1. The number of nitrogens with one attached hydrogen (secondary N) is 2. The van der Waals surface area contributed by atoms with Crippen LogP contribution >= 0.6 is 0 Å². The second-order valence-corrected chi connectivity index (χ2v) is 7.56. The summed E-state index contributed by atoms with van der Waals surface area (Å²) in [7, 11) is 0. The summed E-state index contributed by atoms with van der Waals surface area (Å²) in [5, 5.41) is 6.23. The van der Waals surface area contributed by atoms with Gasteiger partial charge in [0, 0.05) is 13.1 Å². The highest BCUT2D eigenvalue weighted by molar-refractivity contribution is 6.03. The molecule has 1 aromatic heterocycles. The molecule has 1 amide bonds. The third-order valence-electron chi connectivity index (χ3n) is 5.38. The van der Waals surface area contributed by atoms with Crippen LogP contribution in [-0.2, 0) is 4.79 Å². The Morgan fingerprint density at radius 3 is 3.11 bits per heavy atom. The number of nitrogen functional groups attached to an aromatic ring is 1. The van der Waals surface area contributed by atoms with Gasteiger partial charge >= 0.3 is 6.01 Å². The molecule has 0 aromatic carbocycles. The topological polar surface area (TPSA) is 105 Å². The Bertz CT molecular complexity index is 819. The fourth-order valence-electron chi connectivity index (χ4n) is 3.91. The third-order valence-corrected chi connectivity index (χ3v) is 5.38. The minimum absolute atomic E-state index is 0.0935. The van der Waals surface area contributed by atoms with Crippen LogP contribution in [0.25, 0.3) is 0 Å². The number of ether oxygens (including phenoxy) is 1. The molecule has 3 aliphatic rings. The van der Waals surface area contributed by atoms with Crippen LogP contribution in [0.15, 0.2) is 23.3 Å². The fraction of sp³-hybridized carbons (Fsp3) is 0.550. The maximum absolute atomic E-state index is 12.2. The lowest BCUT2D eigenvalue weighted by Gasteiger charge is -2.34. The average molecular weight is 384 g/mol. The van der Waals surface area contributed by atoms with Crippen molar-refractivity contribution < 1.29 is 9.53 Å². The van der Waals surface area contributed by atoms with Gasteiger partial charge in [-0.2, -0.15) is 9.97 Å². The first-order chi connectivity index (χ1) is 13.6. The largest absolute Gasteiger partial charge is 0.463 e. The van der Waals surface area contributed by atoms with Crippen LogP contribution in [0, 0.1) is 5.92 Å². The zero-order chi connectivity index (χ0) is 19.5. The molecule has 4 N–H and O–H groups in total. The van der Waals surface area contributed by atoms with Crippen LogP contribution in [0.4, 0.5) is 17.3 Å². The van der Waals surface area contributed by atoms with E-state index in [0.717, 1.165) is 38.8 Å². The van der Waals surface area contributed by atoms with Crippen molar-refractivity contribution >= 4 is 23.2 Å². The number of nitrogens with two attached hydrogens (primary N) is 1. The summed E-state index contributed by atoms with van der Waals surface area (Å²) in [5.74, 6) is 1.15. The number of piperidine rings is 1. The van der Waals surface area contributed by atoms with Crippen LogP contribution in [0.1, 0.15) is 32.6 Å². The molecule has 8 heteroatoms. The van der Waals surface area contributed by atoms with Crippen molar-refractivity contribution in [3.05, 3.63) is 23.3 Å². The van der Waals surface area contributed by atoms with Crippen molar-refractivity contribution in [1.29, 1.82) is 0 Å². The van der Waals surface area contributed by atoms with Crippen molar-refractivity contribution in [2.45, 2.75) is 32.6 Å². The molecule has 1 aliphatic carbocycles. The van der Waals surface area contributed by atoms with Gasteiger partial charge in [-0.3, -0.25) is 4.79 Å². The summed E-state index contributed by atoms with van der Waals surface area (Å²) < 4.78 is 5.66. The van der Waals surface area contributed by atoms with E-state index in [1.807, 2.05) is 4.90 Å². The molecule has 4 rings (SSSR count). The van der Waals surface area contributed by atoms with Gasteiger partial charge < -0.3 is 26.0 Å². The molecule has 1 atom stereocenters. The molecular formula is C20H28N6O2. The standard InChI is InChI=1S/C20H28N6O2/c1-2-3-8-28-20-24-18(21)17-19(25-20)26(12-16(27)23-17)11-13-4-5-15-10-22-7-6-14(15)9-13/h5,9,13,22H,2-4,6-8,10-12H2,1H3,(H,23,27)(H2,21,24,25). The molecule has 0 spiro atoms. The highest BCUT2D eigenvalue weighted by Gasteiger charge is 2.29. The molecule has 1 saturated heterocycles. The number of fused-ring (bicyclic) bond motifs is 2. The van der Waals surface area contributed by atoms with Crippen LogP contribution in [0.5, 0.6) is 6.01 Å². The Kier molecular flexibility index (Phi) is 5.47. The molecule has 28 heavy (non-hydrogen) atoms. The summed E-state index contributed by atoms with van der Waals surface area (Å²) in [4.78, 5) is 23.0. The number of aromatic nitrogens is 2. The van der Waals surface area contributed by atoms with E-state index < -0.39 is 0 Å². The zero-order valence-corrected chi connectivity index (χ0v) is 16.3. The maximum atomic E-state index is 12.2. The van der Waals surface area contributed by atoms with Gasteiger partial charge in [0.1, 0.15) is 5.69 Å². The highest BCUT2D eigenvalue weighted by Crippen LogP contribution is 2.35. The summed E-state index contributed by atoms with van der Waals surface area (Å²) in [6.07, 6.45) is 8.68. The zero-order valence-electron chi connectivity index (χ0n) is 16.3. The van der Waals surface area contributed by atoms with Crippen molar-refractivity contribution in [3.8, 4) is 6.01 Å². The molecule has 0 radical (unpaired) electrons. The van der Waals surface area contributed by atoms with Gasteiger partial charge in [0.05, 0.1) is 13.2 Å². The number of hydrogen-bond acceptors (Lipinski definition) is 7. The lowest BCUT2D eigenvalue weighted by molar-refractivity contribution is -0.115. The SMILES string of the molecule is CCCCOc1nc(N)c2c(n1)N(CC1C=C3CCNCC3=CC1)CC(=O)N2. The molecule has 150 valence electrons. The van der Waals surface area contributed by atoms with E-state index in [4.69, 9.17) is 10.5 Å². The number of allylic oxidation sites excluding steroid dienone is 1. The maximum Gasteiger partial charge on any atom is 0.320 e. The van der Waals surface area contributed by atoms with Crippen LogP contribution in [-0.4, -0.2) is 48.7 Å². The molecule has 0 saturated carbocycles. The van der Waals surface area contributed by atoms with E-state index in [9.17, 15) is 4.79 Å². The predicted octanol–water partition coefficient (Wildman–Crippen LogP) is 1.86. The van der Waals surface area contributed by atoms with Gasteiger partial charge in [0.2, 0.25) is 5.91 Å². The molecule has 8 nitrogen and oxygen atoms in total. The number of carbonyl (C=O) groups excluding carboxylic acids is 1. The number of hydrogen-bond donors (Lipinski definition) is 3. The van der Waals surface area contributed by atoms with Gasteiger partial charge in [-0.15, -0.1) is 0 Å². The minimum atomic E-state index is -0.0935. The number of nitrogens with zero attached hydrogens (tertiary/aromatic N) is 3. The van der Waals surface area contributed by atoms with Gasteiger partial charge in [-0.1, -0.05) is 25.5 Å². The molecule has 2 aliphatic heterocycles. The Hall–Kier alpha value is -2.61. The fourth-order valence-corrected chi connectivity index (χ4v) is 3.91. The summed E-state index contributed by atoms with van der Waals surface area (Å²) >= 11 is 0. The molecular weight excluding hydrogens is 356 g/mol. The third kappa shape index (κ3) is 3.96. The van der Waals surface area contributed by atoms with E-state index in [1.54, 1.807) is 0 Å². The molecule has 0 bridgehead atoms. The number of amides is 1. The van der Waals surface area contributed by atoms with Gasteiger partial charge in [0.15, 0.2) is 11.6 Å². The highest BCUT2D eigenvalue weighted by atomic mass is 16.5. The van der Waals surface area contributed by atoms with E-state index >= 15 is 0 Å². The first-order valence-corrected chi connectivity index (χ1v) is 10.1. The van der Waals surface area contributed by atoms with Crippen molar-refractivity contribution in [1.82, 2.24) is 15.3 Å². The summed E-state index contributed by atoms with van der Waals surface area (Å²) in [6.45, 7) is 5.60. The number of unbranched alkanes of at least 4 members (excludes halogenated alkanes) is 1. The van der Waals surface area contributed by atoms with Gasteiger partial charge in [-0.05, 0) is 42.9 Å². The second-order valence-electron chi connectivity index (χ2n) is 7.56. The van der Waals surface area contributed by atoms with Crippen molar-refractivity contribution in [2.75, 3.05) is 48.7 Å². The lowest BCUT2D eigenvalue weighted by atomic mass is 9.86. The van der Waals surface area contributed by atoms with Crippen LogP contribution < -0.4 is 26.0 Å². The van der Waals surface area contributed by atoms with E-state index in [-0.39, 0.29) is 24.3 Å². The van der Waals surface area contributed by atoms with Gasteiger partial charge in [-0.25, -0.2) is 0 Å². The minimum Gasteiger partial charge on any atom is -0.463 e. The quantitative estimate of drug-likeness (QED) is 0.643.